The van der Waals surface area contributed by atoms with Gasteiger partial charge in [-0.3, -0.25) is 9.69 Å². The molecule has 0 amide bonds. The Morgan fingerprint density at radius 1 is 1.46 bits per heavy atom. The number of hydrogen-bond donors (Lipinski definition) is 0. The fourth-order valence-electron chi connectivity index (χ4n) is 1.04. The third kappa shape index (κ3) is 6.58. The molecule has 0 heterocycles. The third-order valence-corrected chi connectivity index (χ3v) is 2.05. The number of likely N-dealkylation sites (N-methyl/N-ethyl adjacent to an activating group) is 1. The van der Waals surface area contributed by atoms with E-state index in [-0.39, 0.29) is 5.97 Å². The van der Waals surface area contributed by atoms with Crippen LogP contribution in [0.5, 0.6) is 0 Å². The van der Waals surface area contributed by atoms with Gasteiger partial charge in [-0.1, -0.05) is 20.8 Å². The second-order valence-corrected chi connectivity index (χ2v) is 3.63. The lowest BCUT2D eigenvalue weighted by Gasteiger charge is -2.19. The van der Waals surface area contributed by atoms with Crippen LogP contribution in [0.4, 0.5) is 0 Å². The first-order chi connectivity index (χ1) is 6.10. The molecule has 78 valence electrons. The van der Waals surface area contributed by atoms with E-state index in [0.717, 1.165) is 19.5 Å². The van der Waals surface area contributed by atoms with Crippen molar-refractivity contribution in [2.45, 2.75) is 27.2 Å². The lowest BCUT2D eigenvalue weighted by molar-refractivity contribution is -0.141. The minimum atomic E-state index is -0.148. The second kappa shape index (κ2) is 6.89. The SMILES string of the molecule is CCN(CCC(C)C)CC(=O)OC. The molecule has 3 nitrogen and oxygen atoms in total. The van der Waals surface area contributed by atoms with Gasteiger partial charge in [-0.05, 0) is 25.4 Å². The molecule has 13 heavy (non-hydrogen) atoms. The molecule has 0 spiro atoms. The van der Waals surface area contributed by atoms with Crippen LogP contribution >= 0.6 is 0 Å². The van der Waals surface area contributed by atoms with Crippen molar-refractivity contribution in [1.82, 2.24) is 4.90 Å². The molecule has 0 aliphatic carbocycles. The van der Waals surface area contributed by atoms with E-state index in [1.165, 1.54) is 7.11 Å². The molecule has 0 fully saturated rings. The van der Waals surface area contributed by atoms with Crippen LogP contribution in [-0.2, 0) is 9.53 Å². The number of nitrogens with zero attached hydrogens (tertiary/aromatic N) is 1. The molecule has 0 unspecified atom stereocenters. The molecule has 0 aromatic heterocycles. The highest BCUT2D eigenvalue weighted by Gasteiger charge is 2.08. The van der Waals surface area contributed by atoms with Crippen LogP contribution in [0, 0.1) is 5.92 Å². The summed E-state index contributed by atoms with van der Waals surface area (Å²) in [5.74, 6) is 0.539. The van der Waals surface area contributed by atoms with E-state index in [2.05, 4.69) is 30.4 Å². The lowest BCUT2D eigenvalue weighted by Crippen LogP contribution is -2.31. The Morgan fingerprint density at radius 3 is 2.46 bits per heavy atom. The van der Waals surface area contributed by atoms with Crippen LogP contribution in [0.25, 0.3) is 0 Å². The lowest BCUT2D eigenvalue weighted by atomic mass is 10.1. The topological polar surface area (TPSA) is 29.5 Å². The van der Waals surface area contributed by atoms with Gasteiger partial charge in [0.2, 0.25) is 0 Å². The van der Waals surface area contributed by atoms with Crippen molar-refractivity contribution >= 4 is 5.97 Å². The number of hydrogen-bond acceptors (Lipinski definition) is 3. The summed E-state index contributed by atoms with van der Waals surface area (Å²) in [6, 6.07) is 0. The van der Waals surface area contributed by atoms with Crippen LogP contribution in [0.15, 0.2) is 0 Å². The van der Waals surface area contributed by atoms with Crippen molar-refractivity contribution in [3.63, 3.8) is 0 Å². The number of ether oxygens (including phenoxy) is 1. The van der Waals surface area contributed by atoms with Gasteiger partial charge in [0.25, 0.3) is 0 Å². The van der Waals surface area contributed by atoms with Gasteiger partial charge in [0.15, 0.2) is 0 Å². The molecular weight excluding hydrogens is 166 g/mol. The Balaban J connectivity index is 3.69. The maximum absolute atomic E-state index is 11.0. The van der Waals surface area contributed by atoms with Crippen molar-refractivity contribution < 1.29 is 9.53 Å². The normalized spacial score (nSPS) is 10.9. The first kappa shape index (κ1) is 12.4. The molecule has 0 aliphatic heterocycles. The van der Waals surface area contributed by atoms with Crippen molar-refractivity contribution in [3.05, 3.63) is 0 Å². The van der Waals surface area contributed by atoms with E-state index in [1.54, 1.807) is 0 Å². The summed E-state index contributed by atoms with van der Waals surface area (Å²) < 4.78 is 4.61. The molecule has 0 aromatic rings. The fraction of sp³-hybridized carbons (Fsp3) is 0.900. The van der Waals surface area contributed by atoms with E-state index in [1.807, 2.05) is 0 Å². The van der Waals surface area contributed by atoms with Crippen molar-refractivity contribution in [1.29, 1.82) is 0 Å². The van der Waals surface area contributed by atoms with Gasteiger partial charge in [-0.25, -0.2) is 0 Å². The summed E-state index contributed by atoms with van der Waals surface area (Å²) in [4.78, 5) is 13.1. The van der Waals surface area contributed by atoms with Crippen molar-refractivity contribution in [2.75, 3.05) is 26.7 Å². The highest BCUT2D eigenvalue weighted by Crippen LogP contribution is 2.01. The quantitative estimate of drug-likeness (QED) is 0.591. The van der Waals surface area contributed by atoms with Gasteiger partial charge in [0.1, 0.15) is 0 Å². The first-order valence-electron chi connectivity index (χ1n) is 4.89. The highest BCUT2D eigenvalue weighted by molar-refractivity contribution is 5.71. The summed E-state index contributed by atoms with van der Waals surface area (Å²) in [6.45, 7) is 8.73. The van der Waals surface area contributed by atoms with E-state index in [9.17, 15) is 4.79 Å². The van der Waals surface area contributed by atoms with Gasteiger partial charge in [0.05, 0.1) is 13.7 Å². The Bertz CT molecular complexity index is 146. The summed E-state index contributed by atoms with van der Waals surface area (Å²) in [7, 11) is 1.43. The third-order valence-electron chi connectivity index (χ3n) is 2.05. The molecule has 0 bridgehead atoms. The summed E-state index contributed by atoms with van der Waals surface area (Å²) in [5.41, 5.74) is 0. The van der Waals surface area contributed by atoms with E-state index in [4.69, 9.17) is 0 Å². The average molecular weight is 187 g/mol. The minimum Gasteiger partial charge on any atom is -0.468 e. The largest absolute Gasteiger partial charge is 0.468 e. The average Bonchev–Trinajstić information content (AvgIpc) is 2.11. The number of carbonyl (C=O) groups excluding carboxylic acids is 1. The number of carbonyl (C=O) groups is 1. The van der Waals surface area contributed by atoms with Crippen molar-refractivity contribution in [2.24, 2.45) is 5.92 Å². The van der Waals surface area contributed by atoms with Crippen LogP contribution < -0.4 is 0 Å². The van der Waals surface area contributed by atoms with Crippen LogP contribution in [0.2, 0.25) is 0 Å². The Kier molecular flexibility index (Phi) is 6.59. The maximum Gasteiger partial charge on any atom is 0.319 e. The number of rotatable bonds is 6. The smallest absolute Gasteiger partial charge is 0.319 e. The molecule has 0 saturated heterocycles. The molecular formula is C10H21NO2. The van der Waals surface area contributed by atoms with E-state index < -0.39 is 0 Å². The molecule has 0 aliphatic rings. The van der Waals surface area contributed by atoms with E-state index >= 15 is 0 Å². The fourth-order valence-corrected chi connectivity index (χ4v) is 1.04. The van der Waals surface area contributed by atoms with Gasteiger partial charge < -0.3 is 4.74 Å². The van der Waals surface area contributed by atoms with E-state index in [0.29, 0.717) is 12.5 Å². The van der Waals surface area contributed by atoms with Gasteiger partial charge in [-0.15, -0.1) is 0 Å². The maximum atomic E-state index is 11.0. The minimum absolute atomic E-state index is 0.148. The zero-order valence-electron chi connectivity index (χ0n) is 9.17. The second-order valence-electron chi connectivity index (χ2n) is 3.63. The summed E-state index contributed by atoms with van der Waals surface area (Å²) in [5, 5.41) is 0. The summed E-state index contributed by atoms with van der Waals surface area (Å²) >= 11 is 0. The van der Waals surface area contributed by atoms with Crippen LogP contribution in [0.3, 0.4) is 0 Å². The van der Waals surface area contributed by atoms with Crippen LogP contribution in [0.1, 0.15) is 27.2 Å². The Labute approximate surface area is 81.1 Å². The molecule has 3 heteroatoms. The number of methoxy groups -OCH3 is 1. The standard InChI is InChI=1S/C10H21NO2/c1-5-11(7-6-9(2)3)8-10(12)13-4/h9H,5-8H2,1-4H3. The predicted molar refractivity (Wildman–Crippen MR) is 53.6 cm³/mol. The molecule has 0 atom stereocenters. The zero-order valence-corrected chi connectivity index (χ0v) is 9.17. The monoisotopic (exact) mass is 187 g/mol. The Morgan fingerprint density at radius 2 is 2.08 bits per heavy atom. The zero-order chi connectivity index (χ0) is 10.3. The van der Waals surface area contributed by atoms with Gasteiger partial charge >= 0.3 is 5.97 Å². The Hall–Kier alpha value is -0.570. The molecule has 0 aromatic carbocycles. The summed E-state index contributed by atoms with van der Waals surface area (Å²) in [6.07, 6.45) is 1.13. The molecule has 0 N–H and O–H groups in total. The highest BCUT2D eigenvalue weighted by atomic mass is 16.5. The van der Waals surface area contributed by atoms with Gasteiger partial charge in [0, 0.05) is 0 Å². The molecule has 0 radical (unpaired) electrons. The first-order valence-corrected chi connectivity index (χ1v) is 4.89. The number of esters is 1. The molecule has 0 rings (SSSR count). The van der Waals surface area contributed by atoms with Crippen molar-refractivity contribution in [3.8, 4) is 0 Å². The van der Waals surface area contributed by atoms with Crippen LogP contribution in [-0.4, -0.2) is 37.6 Å². The van der Waals surface area contributed by atoms with Gasteiger partial charge in [-0.2, -0.15) is 0 Å². The predicted octanol–water partition coefficient (Wildman–Crippen LogP) is 1.53. The molecule has 0 saturated carbocycles.